The van der Waals surface area contributed by atoms with E-state index in [0.29, 0.717) is 11.6 Å². The van der Waals surface area contributed by atoms with Gasteiger partial charge in [-0.15, -0.1) is 11.3 Å². The Morgan fingerprint density at radius 2 is 1.93 bits per heavy atom. The molecule has 1 spiro atoms. The number of carbonyl (C=O) groups excluding carboxylic acids is 1. The summed E-state index contributed by atoms with van der Waals surface area (Å²) >= 11 is 1.49. The maximum atomic E-state index is 12.5. The summed E-state index contributed by atoms with van der Waals surface area (Å²) < 4.78 is 0. The van der Waals surface area contributed by atoms with Gasteiger partial charge >= 0.3 is 0 Å². The summed E-state index contributed by atoms with van der Waals surface area (Å²) in [6, 6.07) is 4.01. The van der Waals surface area contributed by atoms with E-state index in [4.69, 9.17) is 0 Å². The smallest absolute Gasteiger partial charge is 0.262 e. The van der Waals surface area contributed by atoms with E-state index in [9.17, 15) is 9.90 Å². The van der Waals surface area contributed by atoms with Crippen LogP contribution in [0, 0.1) is 0 Å². The molecule has 0 unspecified atom stereocenters. The van der Waals surface area contributed by atoms with Gasteiger partial charge in [0.1, 0.15) is 18.0 Å². The molecule has 4 N–H and O–H groups in total. The van der Waals surface area contributed by atoms with Crippen LogP contribution in [0.5, 0.6) is 0 Å². The number of fused-ring (bicyclic) bond motifs is 2. The molecule has 0 radical (unpaired) electrons. The van der Waals surface area contributed by atoms with Crippen molar-refractivity contribution in [2.75, 3.05) is 10.6 Å². The van der Waals surface area contributed by atoms with Crippen LogP contribution in [0.1, 0.15) is 66.6 Å². The molecule has 0 bridgehead atoms. The molecular formula is C20H25N5O2S. The molecule has 0 aromatic carbocycles. The van der Waals surface area contributed by atoms with Crippen molar-refractivity contribution in [1.29, 1.82) is 0 Å². The van der Waals surface area contributed by atoms with Gasteiger partial charge in [0.15, 0.2) is 0 Å². The summed E-state index contributed by atoms with van der Waals surface area (Å²) in [6.07, 6.45) is 9.61. The molecule has 28 heavy (non-hydrogen) atoms. The number of aliphatic hydroxyl groups excluding tert-OH is 1. The van der Waals surface area contributed by atoms with Crippen molar-refractivity contribution in [3.05, 3.63) is 28.9 Å². The van der Waals surface area contributed by atoms with Gasteiger partial charge in [-0.25, -0.2) is 9.97 Å². The highest BCUT2D eigenvalue weighted by Gasteiger charge is 2.45. The van der Waals surface area contributed by atoms with Crippen LogP contribution < -0.4 is 16.0 Å². The largest absolute Gasteiger partial charge is 0.391 e. The fourth-order valence-corrected chi connectivity index (χ4v) is 5.86. The van der Waals surface area contributed by atoms with Gasteiger partial charge in [-0.05, 0) is 38.2 Å². The third-order valence-corrected chi connectivity index (χ3v) is 7.29. The second-order valence-corrected chi connectivity index (χ2v) is 9.17. The van der Waals surface area contributed by atoms with Crippen molar-refractivity contribution in [3.63, 3.8) is 0 Å². The second kappa shape index (κ2) is 7.00. The third kappa shape index (κ3) is 3.14. The molecule has 2 aliphatic carbocycles. The maximum absolute atomic E-state index is 12.5. The summed E-state index contributed by atoms with van der Waals surface area (Å²) in [4.78, 5) is 21.9. The number of amides is 1. The van der Waals surface area contributed by atoms with E-state index in [1.54, 1.807) is 0 Å². The number of nitrogens with one attached hydrogen (secondary N) is 3. The molecule has 8 heteroatoms. The molecule has 2 fully saturated rings. The molecule has 2 saturated carbocycles. The van der Waals surface area contributed by atoms with Crippen LogP contribution in [-0.4, -0.2) is 33.1 Å². The summed E-state index contributed by atoms with van der Waals surface area (Å²) in [5.74, 6) is 1.44. The van der Waals surface area contributed by atoms with Gasteiger partial charge in [0, 0.05) is 11.6 Å². The lowest BCUT2D eigenvalue weighted by molar-refractivity contribution is 0.0912. The van der Waals surface area contributed by atoms with E-state index in [2.05, 4.69) is 32.0 Å². The first-order valence-electron chi connectivity index (χ1n) is 10.1. The van der Waals surface area contributed by atoms with E-state index in [0.717, 1.165) is 60.4 Å². The lowest BCUT2D eigenvalue weighted by Crippen LogP contribution is -2.40. The van der Waals surface area contributed by atoms with Crippen LogP contribution in [0.2, 0.25) is 0 Å². The van der Waals surface area contributed by atoms with E-state index in [-0.39, 0.29) is 23.6 Å². The van der Waals surface area contributed by atoms with Crippen LogP contribution in [0.25, 0.3) is 0 Å². The molecule has 2 aromatic rings. The SMILES string of the molecule is O=C1NC2(CCCCC2)c2cc(Nc3cc(N[C@H]4CCC[C@@H]4O)ncn3)sc21. The fraction of sp³-hybridized carbons (Fsp3) is 0.550. The van der Waals surface area contributed by atoms with Crippen LogP contribution in [-0.2, 0) is 5.54 Å². The summed E-state index contributed by atoms with van der Waals surface area (Å²) in [7, 11) is 0. The molecule has 5 rings (SSSR count). The monoisotopic (exact) mass is 399 g/mol. The van der Waals surface area contributed by atoms with Crippen molar-refractivity contribution in [1.82, 2.24) is 15.3 Å². The van der Waals surface area contributed by atoms with Crippen molar-refractivity contribution in [2.45, 2.75) is 69.1 Å². The van der Waals surface area contributed by atoms with Crippen LogP contribution >= 0.6 is 11.3 Å². The highest BCUT2D eigenvalue weighted by molar-refractivity contribution is 7.18. The second-order valence-electron chi connectivity index (χ2n) is 8.11. The highest BCUT2D eigenvalue weighted by Crippen LogP contribution is 2.47. The maximum Gasteiger partial charge on any atom is 0.262 e. The quantitative estimate of drug-likeness (QED) is 0.628. The first-order chi connectivity index (χ1) is 13.6. The predicted octanol–water partition coefficient (Wildman–Crippen LogP) is 3.51. The number of nitrogens with zero attached hydrogens (tertiary/aromatic N) is 2. The molecular weight excluding hydrogens is 374 g/mol. The van der Waals surface area contributed by atoms with E-state index >= 15 is 0 Å². The molecule has 7 nitrogen and oxygen atoms in total. The lowest BCUT2D eigenvalue weighted by Gasteiger charge is -2.33. The molecule has 3 heterocycles. The fourth-order valence-electron chi connectivity index (χ4n) is 4.80. The average molecular weight is 400 g/mol. The number of aromatic nitrogens is 2. The normalized spacial score (nSPS) is 25.5. The minimum absolute atomic E-state index is 0.0446. The third-order valence-electron chi connectivity index (χ3n) is 6.24. The first-order valence-corrected chi connectivity index (χ1v) is 11.0. The number of thiophene rings is 1. The number of anilines is 3. The summed E-state index contributed by atoms with van der Waals surface area (Å²) in [5.41, 5.74) is 0.976. The molecule has 2 atom stereocenters. The standard InChI is InChI=1S/C20H25N5O2S/c26-14-6-4-5-13(14)23-15-10-16(22-11-21-15)24-17-9-12-18(28-17)19(27)25-20(12)7-2-1-3-8-20/h9-11,13-14,26H,1-8H2,(H,25,27)(H2,21,22,23,24)/t13-,14-/m0/s1. The summed E-state index contributed by atoms with van der Waals surface area (Å²) in [6.45, 7) is 0. The Balaban J connectivity index is 1.35. The Bertz CT molecular complexity index is 892. The van der Waals surface area contributed by atoms with Gasteiger partial charge < -0.3 is 21.1 Å². The molecule has 3 aliphatic rings. The number of hydrogen-bond donors (Lipinski definition) is 4. The zero-order valence-corrected chi connectivity index (χ0v) is 16.5. The topological polar surface area (TPSA) is 99.2 Å². The number of rotatable bonds is 4. The highest BCUT2D eigenvalue weighted by atomic mass is 32.1. The van der Waals surface area contributed by atoms with Crippen molar-refractivity contribution < 1.29 is 9.90 Å². The zero-order chi connectivity index (χ0) is 19.1. The Morgan fingerprint density at radius 1 is 1.11 bits per heavy atom. The van der Waals surface area contributed by atoms with Crippen molar-refractivity contribution in [3.8, 4) is 0 Å². The van der Waals surface area contributed by atoms with Gasteiger partial charge in [0.05, 0.1) is 27.6 Å². The van der Waals surface area contributed by atoms with Gasteiger partial charge in [-0.3, -0.25) is 4.79 Å². The number of hydrogen-bond acceptors (Lipinski definition) is 7. The predicted molar refractivity (Wildman–Crippen MR) is 109 cm³/mol. The Hall–Kier alpha value is -2.19. The number of aliphatic hydroxyl groups is 1. The lowest BCUT2D eigenvalue weighted by atomic mass is 9.78. The molecule has 0 saturated heterocycles. The van der Waals surface area contributed by atoms with Gasteiger partial charge in [0.25, 0.3) is 5.91 Å². The molecule has 148 valence electrons. The Morgan fingerprint density at radius 3 is 2.71 bits per heavy atom. The first kappa shape index (κ1) is 17.9. The van der Waals surface area contributed by atoms with Crippen LogP contribution in [0.15, 0.2) is 18.5 Å². The van der Waals surface area contributed by atoms with Crippen molar-refractivity contribution in [2.24, 2.45) is 0 Å². The van der Waals surface area contributed by atoms with Gasteiger partial charge in [-0.1, -0.05) is 19.3 Å². The number of carbonyl (C=O) groups is 1. The zero-order valence-electron chi connectivity index (χ0n) is 15.7. The average Bonchev–Trinajstić information content (AvgIpc) is 3.35. The van der Waals surface area contributed by atoms with Gasteiger partial charge in [0.2, 0.25) is 0 Å². The minimum Gasteiger partial charge on any atom is -0.391 e. The summed E-state index contributed by atoms with van der Waals surface area (Å²) in [5, 5.41) is 20.8. The van der Waals surface area contributed by atoms with Crippen LogP contribution in [0.4, 0.5) is 16.6 Å². The van der Waals surface area contributed by atoms with Crippen molar-refractivity contribution >= 4 is 33.9 Å². The molecule has 2 aromatic heterocycles. The van der Waals surface area contributed by atoms with E-state index < -0.39 is 0 Å². The van der Waals surface area contributed by atoms with Crippen LogP contribution in [0.3, 0.4) is 0 Å². The Kier molecular flexibility index (Phi) is 4.47. The van der Waals surface area contributed by atoms with E-state index in [1.165, 1.54) is 24.1 Å². The van der Waals surface area contributed by atoms with Gasteiger partial charge in [-0.2, -0.15) is 0 Å². The molecule has 1 amide bonds. The van der Waals surface area contributed by atoms with E-state index in [1.807, 2.05) is 6.07 Å². The molecule has 1 aliphatic heterocycles. The Labute approximate surface area is 168 Å². The minimum atomic E-state index is -0.322.